The van der Waals surface area contributed by atoms with Crippen molar-refractivity contribution in [1.82, 2.24) is 14.9 Å². The quantitative estimate of drug-likeness (QED) is 0.321. The molecule has 0 saturated heterocycles. The maximum absolute atomic E-state index is 13.5. The van der Waals surface area contributed by atoms with Crippen molar-refractivity contribution in [2.75, 3.05) is 7.11 Å². The predicted octanol–water partition coefficient (Wildman–Crippen LogP) is 5.00. The number of carboxylic acid groups (broad SMARTS) is 1. The summed E-state index contributed by atoms with van der Waals surface area (Å²) in [4.78, 5) is 28.7. The predicted molar refractivity (Wildman–Crippen MR) is 140 cm³/mol. The minimum Gasteiger partial charge on any atom is -0.497 e. The third-order valence-electron chi connectivity index (χ3n) is 6.19. The van der Waals surface area contributed by atoms with E-state index in [1.807, 2.05) is 62.4 Å². The number of carbonyl (C=O) groups is 1. The fourth-order valence-electron chi connectivity index (χ4n) is 4.70. The number of benzene rings is 2. The van der Waals surface area contributed by atoms with E-state index in [4.69, 9.17) is 14.6 Å². The Hall–Kier alpha value is -4.07. The number of fused-ring (bicyclic) bond motifs is 3. The summed E-state index contributed by atoms with van der Waals surface area (Å²) in [6.45, 7) is 6.12. The van der Waals surface area contributed by atoms with Crippen LogP contribution in [0.15, 0.2) is 65.7 Å². The maximum atomic E-state index is 13.5. The number of ether oxygens (including phenoxy) is 2. The molecule has 0 radical (unpaired) electrons. The van der Waals surface area contributed by atoms with Gasteiger partial charge in [-0.2, -0.15) is 0 Å². The van der Waals surface area contributed by atoms with Gasteiger partial charge in [-0.15, -0.1) is 0 Å². The lowest BCUT2D eigenvalue weighted by Crippen LogP contribution is -2.40. The van der Waals surface area contributed by atoms with Crippen molar-refractivity contribution >= 4 is 27.8 Å². The maximum Gasteiger partial charge on any atom is 0.404 e. The zero-order valence-corrected chi connectivity index (χ0v) is 20.9. The second-order valence-electron chi connectivity index (χ2n) is 9.57. The molecule has 2 aromatic heterocycles. The molecule has 0 aliphatic heterocycles. The molecule has 188 valence electrons. The van der Waals surface area contributed by atoms with Gasteiger partial charge in [0.2, 0.25) is 0 Å². The summed E-state index contributed by atoms with van der Waals surface area (Å²) in [5.74, 6) is 1.40. The lowest BCUT2D eigenvalue weighted by molar-refractivity contribution is 0.0883. The fourth-order valence-corrected chi connectivity index (χ4v) is 4.70. The molecule has 1 unspecified atom stereocenters. The number of rotatable bonds is 9. The number of nitrogens with one attached hydrogen (secondary N) is 1. The number of aryl methyl sites for hydroxylation is 2. The molecule has 4 aromatic rings. The van der Waals surface area contributed by atoms with Crippen molar-refractivity contribution in [3.05, 3.63) is 76.8 Å². The van der Waals surface area contributed by atoms with Gasteiger partial charge in [0.25, 0.3) is 5.56 Å². The molecule has 0 aliphatic rings. The fraction of sp³-hybridized carbons (Fsp3) is 0.321. The van der Waals surface area contributed by atoms with Gasteiger partial charge in [-0.3, -0.25) is 9.78 Å². The first kappa shape index (κ1) is 25.0. The van der Waals surface area contributed by atoms with E-state index in [2.05, 4.69) is 10.3 Å². The summed E-state index contributed by atoms with van der Waals surface area (Å²) >= 11 is 0. The smallest absolute Gasteiger partial charge is 0.404 e. The van der Waals surface area contributed by atoms with Gasteiger partial charge in [0.1, 0.15) is 17.1 Å². The van der Waals surface area contributed by atoms with Crippen LogP contribution < -0.4 is 20.3 Å². The number of aromatic nitrogens is 2. The third kappa shape index (κ3) is 5.59. The molecule has 1 atom stereocenters. The van der Waals surface area contributed by atoms with Crippen LogP contribution in [0.25, 0.3) is 21.7 Å². The normalized spacial score (nSPS) is 12.4. The van der Waals surface area contributed by atoms with E-state index in [-0.39, 0.29) is 11.6 Å². The Bertz CT molecular complexity index is 1440. The Kier molecular flexibility index (Phi) is 7.15. The van der Waals surface area contributed by atoms with E-state index in [0.717, 1.165) is 27.6 Å². The minimum absolute atomic E-state index is 0.102. The average molecular weight is 490 g/mol. The molecule has 2 aromatic carbocycles. The molecule has 8 heteroatoms. The van der Waals surface area contributed by atoms with Crippen LogP contribution >= 0.6 is 0 Å². The molecule has 0 bridgehead atoms. The topological polar surface area (TPSA) is 103 Å². The van der Waals surface area contributed by atoms with Crippen LogP contribution in [0.5, 0.6) is 11.5 Å². The number of pyridine rings is 2. The number of hydrogen-bond acceptors (Lipinski definition) is 5. The lowest BCUT2D eigenvalue weighted by Gasteiger charge is -2.29. The van der Waals surface area contributed by atoms with Crippen LogP contribution in [0.4, 0.5) is 4.79 Å². The average Bonchev–Trinajstić information content (AvgIpc) is 2.83. The van der Waals surface area contributed by atoms with Gasteiger partial charge in [-0.05, 0) is 68.5 Å². The number of amides is 1. The minimum atomic E-state index is -1.06. The lowest BCUT2D eigenvalue weighted by atomic mass is 9.99. The van der Waals surface area contributed by atoms with Gasteiger partial charge in [-0.1, -0.05) is 12.1 Å². The standard InChI is InChI=1S/C28H31N3O5/c1-18(30-27(33)34)16-28(2,3)36-21-9-10-23-22-11-13-29-17-24(22)26(32)31(25(23)15-21)14-12-19-5-7-20(35-4)8-6-19/h5-11,13,15,17-18,30H,12,14,16H2,1-4H3,(H,33,34). The van der Waals surface area contributed by atoms with Gasteiger partial charge in [0.05, 0.1) is 18.0 Å². The highest BCUT2D eigenvalue weighted by atomic mass is 16.5. The number of methoxy groups -OCH3 is 1. The molecular weight excluding hydrogens is 458 g/mol. The van der Waals surface area contributed by atoms with Crippen LogP contribution in [0.2, 0.25) is 0 Å². The molecule has 2 heterocycles. The van der Waals surface area contributed by atoms with Gasteiger partial charge in [0, 0.05) is 42.9 Å². The molecular formula is C28H31N3O5. The summed E-state index contributed by atoms with van der Waals surface area (Å²) < 4.78 is 13.3. The Labute approximate surface area is 209 Å². The Morgan fingerprint density at radius 2 is 1.81 bits per heavy atom. The highest BCUT2D eigenvalue weighted by Crippen LogP contribution is 2.29. The van der Waals surface area contributed by atoms with Crippen molar-refractivity contribution in [3.63, 3.8) is 0 Å². The largest absolute Gasteiger partial charge is 0.497 e. The van der Waals surface area contributed by atoms with E-state index < -0.39 is 11.7 Å². The second kappa shape index (κ2) is 10.3. The Morgan fingerprint density at radius 3 is 2.50 bits per heavy atom. The van der Waals surface area contributed by atoms with Crippen molar-refractivity contribution in [2.45, 2.75) is 51.8 Å². The highest BCUT2D eigenvalue weighted by molar-refractivity contribution is 6.05. The number of nitrogens with zero attached hydrogens (tertiary/aromatic N) is 2. The van der Waals surface area contributed by atoms with E-state index in [0.29, 0.717) is 30.5 Å². The SMILES string of the molecule is COc1ccc(CCn2c(=O)c3cnccc3c3ccc(OC(C)(C)CC(C)NC(=O)O)cc32)cc1. The molecule has 4 rings (SSSR count). The van der Waals surface area contributed by atoms with Gasteiger partial charge < -0.3 is 24.5 Å². The summed E-state index contributed by atoms with van der Waals surface area (Å²) in [5.41, 5.74) is 1.13. The van der Waals surface area contributed by atoms with E-state index in [1.165, 1.54) is 0 Å². The second-order valence-corrected chi connectivity index (χ2v) is 9.57. The van der Waals surface area contributed by atoms with Gasteiger partial charge in [-0.25, -0.2) is 4.79 Å². The zero-order chi connectivity index (χ0) is 25.9. The summed E-state index contributed by atoms with van der Waals surface area (Å²) in [7, 11) is 1.63. The van der Waals surface area contributed by atoms with E-state index >= 15 is 0 Å². The molecule has 0 spiro atoms. The summed E-state index contributed by atoms with van der Waals surface area (Å²) in [6.07, 6.45) is 3.38. The zero-order valence-electron chi connectivity index (χ0n) is 20.9. The Balaban J connectivity index is 1.71. The molecule has 36 heavy (non-hydrogen) atoms. The van der Waals surface area contributed by atoms with Crippen molar-refractivity contribution in [1.29, 1.82) is 0 Å². The van der Waals surface area contributed by atoms with Crippen LogP contribution in [0.3, 0.4) is 0 Å². The highest BCUT2D eigenvalue weighted by Gasteiger charge is 2.24. The molecule has 2 N–H and O–H groups in total. The van der Waals surface area contributed by atoms with Crippen molar-refractivity contribution in [3.8, 4) is 11.5 Å². The third-order valence-corrected chi connectivity index (χ3v) is 6.19. The van der Waals surface area contributed by atoms with Crippen LogP contribution in [0.1, 0.15) is 32.8 Å². The Morgan fingerprint density at radius 1 is 1.08 bits per heavy atom. The molecule has 8 nitrogen and oxygen atoms in total. The summed E-state index contributed by atoms with van der Waals surface area (Å²) in [6, 6.07) is 15.1. The van der Waals surface area contributed by atoms with Crippen LogP contribution in [-0.4, -0.2) is 39.5 Å². The van der Waals surface area contributed by atoms with Crippen LogP contribution in [0, 0.1) is 0 Å². The first-order valence-corrected chi connectivity index (χ1v) is 11.9. The molecule has 0 saturated carbocycles. The first-order chi connectivity index (χ1) is 17.2. The van der Waals surface area contributed by atoms with E-state index in [1.54, 1.807) is 31.0 Å². The van der Waals surface area contributed by atoms with Crippen molar-refractivity contribution in [2.24, 2.45) is 0 Å². The first-order valence-electron chi connectivity index (χ1n) is 11.9. The van der Waals surface area contributed by atoms with Gasteiger partial charge >= 0.3 is 6.09 Å². The monoisotopic (exact) mass is 489 g/mol. The molecule has 0 aliphatic carbocycles. The van der Waals surface area contributed by atoms with Crippen LogP contribution in [-0.2, 0) is 13.0 Å². The van der Waals surface area contributed by atoms with E-state index in [9.17, 15) is 9.59 Å². The molecule has 1 amide bonds. The summed E-state index contributed by atoms with van der Waals surface area (Å²) in [5, 5.41) is 13.8. The van der Waals surface area contributed by atoms with Gasteiger partial charge in [0.15, 0.2) is 0 Å². The van der Waals surface area contributed by atoms with Crippen molar-refractivity contribution < 1.29 is 19.4 Å². The number of hydrogen-bond donors (Lipinski definition) is 2. The molecule has 0 fully saturated rings.